The molecule has 4 nitrogen and oxygen atoms in total. The maximum atomic E-state index is 7.47. The molecule has 0 aliphatic rings. The van der Waals surface area contributed by atoms with Crippen LogP contribution in [0, 0.1) is 5.41 Å². The van der Waals surface area contributed by atoms with Crippen LogP contribution in [0.5, 0.6) is 0 Å². The van der Waals surface area contributed by atoms with Crippen molar-refractivity contribution >= 4 is 82.4 Å². The van der Waals surface area contributed by atoms with Gasteiger partial charge in [0.1, 0.15) is 0 Å². The third-order valence-corrected chi connectivity index (χ3v) is 51.3. The van der Waals surface area contributed by atoms with Crippen molar-refractivity contribution in [1.29, 1.82) is 0 Å². The summed E-state index contributed by atoms with van der Waals surface area (Å²) in [5.74, 6) is 0. The van der Waals surface area contributed by atoms with Crippen LogP contribution in [0.4, 0.5) is 0 Å². The van der Waals surface area contributed by atoms with Crippen molar-refractivity contribution in [1.82, 2.24) is 0 Å². The topological polar surface area (TPSA) is 36.9 Å². The average Bonchev–Trinajstić information content (AvgIpc) is 1.24. The van der Waals surface area contributed by atoms with Gasteiger partial charge in [-0.3, -0.25) is 0 Å². The summed E-state index contributed by atoms with van der Waals surface area (Å²) >= 11 is 16.0. The van der Waals surface area contributed by atoms with E-state index < -0.39 is 27.4 Å². The van der Waals surface area contributed by atoms with Crippen molar-refractivity contribution < 1.29 is 18.9 Å². The zero-order chi connectivity index (χ0) is 89.0. The van der Waals surface area contributed by atoms with Crippen molar-refractivity contribution in [3.8, 4) is 0 Å². The van der Waals surface area contributed by atoms with Gasteiger partial charge < -0.3 is 0 Å². The summed E-state index contributed by atoms with van der Waals surface area (Å²) < 4.78 is 29.9. The van der Waals surface area contributed by atoms with Gasteiger partial charge in [0, 0.05) is 0 Å². The molecule has 8 aromatic carbocycles. The molecule has 0 N–H and O–H groups in total. The molecule has 0 saturated heterocycles. The van der Waals surface area contributed by atoms with E-state index in [4.69, 9.17) is 18.9 Å². The Balaban J connectivity index is 1.15. The molecule has 0 spiro atoms. The standard InChI is InChI=1S/C109H160O4P4Se4/c1-101(2,3)93-41-25-85(26-42-93)57-69-114(118,70-58-86-27-43-94(44-28-86)102(4,5)6)77-65-110-81-109(82-111-66-78-115(119,71-59-87-29-45-95(46-30-87)103(7,8)9)72-60-88-31-47-96(48-32-88)104(10,11)12,83-112-67-79-116(120,73-61-89-33-49-97(50-34-89)105(13,14)15)74-62-90-35-51-98(52-36-90)106(16,17)18)84-113-68-80-117(121,75-63-91-37-53-99(54-38-91)107(19,20)21)76-64-92-39-55-100(56-40-92)108(22,23)24/h25-56H,57-84H2,1-24H3. The van der Waals surface area contributed by atoms with Crippen LogP contribution in [0.25, 0.3) is 0 Å². The Morgan fingerprint density at radius 3 is 0.380 bits per heavy atom. The number of hydrogen-bond acceptors (Lipinski definition) is 4. The summed E-state index contributed by atoms with van der Waals surface area (Å²) in [6.07, 6.45) is 21.3. The van der Waals surface area contributed by atoms with Crippen LogP contribution in [0.15, 0.2) is 194 Å². The van der Waals surface area contributed by atoms with Crippen LogP contribution in [0.3, 0.4) is 0 Å². The Kier molecular flexibility index (Phi) is 38.8. The summed E-state index contributed by atoms with van der Waals surface area (Å²) in [6.45, 7) is 60.1. The molecule has 0 aliphatic heterocycles. The predicted octanol–water partition coefficient (Wildman–Crippen LogP) is 26.8. The van der Waals surface area contributed by atoms with E-state index in [2.05, 4.69) is 421 Å². The molecule has 0 radical (unpaired) electrons. The Bertz CT molecular complexity index is 3780. The third kappa shape index (κ3) is 35.7. The molecule has 0 aromatic heterocycles. The van der Waals surface area contributed by atoms with Gasteiger partial charge in [0.15, 0.2) is 0 Å². The fourth-order valence-electron chi connectivity index (χ4n) is 15.7. The fourth-order valence-corrected chi connectivity index (χ4v) is 32.0. The molecule has 121 heavy (non-hydrogen) atoms. The zero-order valence-electron chi connectivity index (χ0n) is 79.8. The molecule has 0 unspecified atom stereocenters. The van der Waals surface area contributed by atoms with Gasteiger partial charge in [-0.1, -0.05) is 0 Å². The van der Waals surface area contributed by atoms with Gasteiger partial charge in [-0.15, -0.1) is 0 Å². The van der Waals surface area contributed by atoms with E-state index in [0.29, 0.717) is 52.9 Å². The van der Waals surface area contributed by atoms with Gasteiger partial charge in [-0.2, -0.15) is 0 Å². The maximum absolute atomic E-state index is 7.47. The minimum atomic E-state index is -1.68. The summed E-state index contributed by atoms with van der Waals surface area (Å²) in [6, 6.07) is 76.0. The van der Waals surface area contributed by atoms with E-state index >= 15 is 0 Å². The monoisotopic (exact) mass is 1980 g/mol. The normalized spacial score (nSPS) is 13.5. The van der Waals surface area contributed by atoms with E-state index in [9.17, 15) is 0 Å². The Hall–Kier alpha value is -2.60. The first kappa shape index (κ1) is 104. The van der Waals surface area contributed by atoms with Crippen molar-refractivity contribution in [3.63, 3.8) is 0 Å². The van der Waals surface area contributed by atoms with Crippen LogP contribution in [0.1, 0.15) is 255 Å². The number of benzene rings is 8. The molecule has 8 rings (SSSR count). The van der Waals surface area contributed by atoms with Crippen LogP contribution >= 0.6 is 22.0 Å². The molecule has 0 heterocycles. The van der Waals surface area contributed by atoms with Gasteiger partial charge in [-0.05, 0) is 0 Å². The van der Waals surface area contributed by atoms with Crippen molar-refractivity contribution in [3.05, 3.63) is 283 Å². The Morgan fingerprint density at radius 1 is 0.174 bits per heavy atom. The number of ether oxygens (including phenoxy) is 4. The SMILES string of the molecule is CC(C)(C)c1ccc(CCP(=[Se])(CCOCC(COCCP(=[Se])(CCc2ccc(C(C)(C)C)cc2)CCc2ccc(C(C)(C)C)cc2)(COCCP(=[Se])(CCc2ccc(C(C)(C)C)cc2)CCc2ccc(C(C)(C)C)cc2)COCCP(=[Se])(CCc2ccc(C(C)(C)C)cc2)CCc2ccc(C(C)(C)C)cc2)CCc2ccc(C(C)(C)C)cc2)cc1. The molecule has 12 heteroatoms. The minimum absolute atomic E-state index is 0.101. The van der Waals surface area contributed by atoms with Gasteiger partial charge in [0.25, 0.3) is 0 Å². The molecule has 8 aromatic rings. The van der Waals surface area contributed by atoms with E-state index in [1.165, 1.54) is 89.0 Å². The zero-order valence-corrected chi connectivity index (χ0v) is 90.3. The van der Waals surface area contributed by atoms with Gasteiger partial charge in [0.2, 0.25) is 0 Å². The summed E-state index contributed by atoms with van der Waals surface area (Å²) in [4.78, 5) is 0. The molecule has 664 valence electrons. The van der Waals surface area contributed by atoms with E-state index in [0.717, 1.165) is 125 Å². The third-order valence-electron chi connectivity index (χ3n) is 25.2. The summed E-state index contributed by atoms with van der Waals surface area (Å²) in [5.41, 5.74) is 15.8. The molecule has 0 atom stereocenters. The van der Waals surface area contributed by atoms with E-state index in [1.54, 1.807) is 0 Å². The number of rotatable bonds is 44. The first-order valence-electron chi connectivity index (χ1n) is 45.6. The number of hydrogen-bond donors (Lipinski definition) is 0. The van der Waals surface area contributed by atoms with Crippen LogP contribution < -0.4 is 0 Å². The average molecular weight is 1970 g/mol. The second kappa shape index (κ2) is 45.3. The van der Waals surface area contributed by atoms with Crippen LogP contribution in [0.2, 0.25) is 0 Å². The first-order chi connectivity index (χ1) is 56.3. The molecule has 0 bridgehead atoms. The summed E-state index contributed by atoms with van der Waals surface area (Å²) in [7, 11) is 0. The predicted molar refractivity (Wildman–Crippen MR) is 546 cm³/mol. The van der Waals surface area contributed by atoms with E-state index in [1.807, 2.05) is 0 Å². The molecular formula is C109H160O4P4Se4. The second-order valence-corrected chi connectivity index (χ2v) is 77.5. The van der Waals surface area contributed by atoms with E-state index in [-0.39, 0.29) is 43.3 Å². The fraction of sp³-hybridized carbons (Fsp3) is 0.560. The summed E-state index contributed by atoms with van der Waals surface area (Å²) in [5, 5.41) is 0. The Labute approximate surface area is 770 Å². The van der Waals surface area contributed by atoms with Crippen molar-refractivity contribution in [2.24, 2.45) is 5.41 Å². The quantitative estimate of drug-likeness (QED) is 0.0217. The molecule has 0 amide bonds. The molecule has 0 aliphatic carbocycles. The molecule has 0 fully saturated rings. The number of aryl methyl sites for hydroxylation is 8. The van der Waals surface area contributed by atoms with Gasteiger partial charge in [-0.25, -0.2) is 0 Å². The van der Waals surface area contributed by atoms with Crippen LogP contribution in [-0.4, -0.2) is 187 Å². The second-order valence-electron chi connectivity index (χ2n) is 44.2. The van der Waals surface area contributed by atoms with Crippen molar-refractivity contribution in [2.45, 2.75) is 261 Å². The molecule has 0 saturated carbocycles. The first-order valence-corrected chi connectivity index (χ1v) is 63.9. The van der Waals surface area contributed by atoms with Crippen LogP contribution in [-0.2, 0) is 114 Å². The molecular weight excluding hydrogens is 1810 g/mol. The van der Waals surface area contributed by atoms with Crippen molar-refractivity contribution in [2.75, 3.05) is 127 Å². The van der Waals surface area contributed by atoms with Gasteiger partial charge in [0.05, 0.1) is 0 Å². The Morgan fingerprint density at radius 2 is 0.281 bits per heavy atom. The van der Waals surface area contributed by atoms with Gasteiger partial charge >= 0.3 is 778 Å².